The highest BCUT2D eigenvalue weighted by molar-refractivity contribution is 9.10. The number of carbonyl (C=O) groups is 1. The van der Waals surface area contributed by atoms with Gasteiger partial charge in [0.25, 0.3) is 5.91 Å². The van der Waals surface area contributed by atoms with Gasteiger partial charge in [-0.15, -0.1) is 0 Å². The second-order valence-electron chi connectivity index (χ2n) is 4.95. The first-order valence-electron chi connectivity index (χ1n) is 6.46. The number of ether oxygens (including phenoxy) is 1. The first-order valence-corrected chi connectivity index (χ1v) is 7.26. The van der Waals surface area contributed by atoms with Crippen LogP contribution in [0.3, 0.4) is 0 Å². The number of halogens is 1. The van der Waals surface area contributed by atoms with Crippen LogP contribution in [0.1, 0.15) is 23.2 Å². The molecule has 4 nitrogen and oxygen atoms in total. The Labute approximate surface area is 122 Å². The standard InChI is InChI=1S/C14H19BrN2O2/c1-17(9-10-5-7-19-8-6-10)14(18)11-3-2-4-12(16)13(11)15/h2-4,10H,5-9,16H2,1H3. The van der Waals surface area contributed by atoms with Crippen LogP contribution < -0.4 is 5.73 Å². The van der Waals surface area contributed by atoms with Gasteiger partial charge in [-0.05, 0) is 46.8 Å². The summed E-state index contributed by atoms with van der Waals surface area (Å²) in [6.45, 7) is 2.37. The third-order valence-corrected chi connectivity index (χ3v) is 4.36. The van der Waals surface area contributed by atoms with Crippen molar-refractivity contribution in [3.05, 3.63) is 28.2 Å². The number of nitrogen functional groups attached to an aromatic ring is 1. The Kier molecular flexibility index (Phi) is 4.82. The largest absolute Gasteiger partial charge is 0.398 e. The van der Waals surface area contributed by atoms with Crippen LogP contribution in [0.5, 0.6) is 0 Å². The van der Waals surface area contributed by atoms with Crippen LogP contribution in [0.25, 0.3) is 0 Å². The van der Waals surface area contributed by atoms with Crippen molar-refractivity contribution in [3.8, 4) is 0 Å². The van der Waals surface area contributed by atoms with Crippen LogP contribution in [0.15, 0.2) is 22.7 Å². The van der Waals surface area contributed by atoms with E-state index in [1.165, 1.54) is 0 Å². The summed E-state index contributed by atoms with van der Waals surface area (Å²) in [6.07, 6.45) is 2.05. The van der Waals surface area contributed by atoms with Crippen LogP contribution in [0.2, 0.25) is 0 Å². The molecule has 1 aromatic carbocycles. The van der Waals surface area contributed by atoms with Crippen molar-refractivity contribution < 1.29 is 9.53 Å². The zero-order valence-corrected chi connectivity index (χ0v) is 12.6. The van der Waals surface area contributed by atoms with Crippen molar-refractivity contribution in [2.24, 2.45) is 5.92 Å². The van der Waals surface area contributed by atoms with Gasteiger partial charge in [-0.3, -0.25) is 4.79 Å². The maximum absolute atomic E-state index is 12.4. The van der Waals surface area contributed by atoms with Crippen LogP contribution >= 0.6 is 15.9 Å². The number of hydrogen-bond donors (Lipinski definition) is 1. The molecule has 1 aromatic rings. The Morgan fingerprint density at radius 2 is 2.16 bits per heavy atom. The van der Waals surface area contributed by atoms with Crippen LogP contribution in [0, 0.1) is 5.92 Å². The third-order valence-electron chi connectivity index (χ3n) is 3.48. The second-order valence-corrected chi connectivity index (χ2v) is 5.74. The molecule has 1 fully saturated rings. The molecule has 5 heteroatoms. The van der Waals surface area contributed by atoms with E-state index in [1.807, 2.05) is 7.05 Å². The quantitative estimate of drug-likeness (QED) is 0.868. The lowest BCUT2D eigenvalue weighted by molar-refractivity contribution is 0.0497. The summed E-state index contributed by atoms with van der Waals surface area (Å²) < 4.78 is 6.01. The molecule has 0 spiro atoms. The normalized spacial score (nSPS) is 16.3. The van der Waals surface area contributed by atoms with E-state index in [9.17, 15) is 4.79 Å². The van der Waals surface area contributed by atoms with E-state index >= 15 is 0 Å². The summed E-state index contributed by atoms with van der Waals surface area (Å²) >= 11 is 3.38. The summed E-state index contributed by atoms with van der Waals surface area (Å²) in [7, 11) is 1.84. The highest BCUT2D eigenvalue weighted by Gasteiger charge is 2.21. The van der Waals surface area contributed by atoms with E-state index in [0.717, 1.165) is 32.6 Å². The molecule has 0 aromatic heterocycles. The van der Waals surface area contributed by atoms with Gasteiger partial charge in [0.15, 0.2) is 0 Å². The fraction of sp³-hybridized carbons (Fsp3) is 0.500. The minimum atomic E-state index is 0.00525. The predicted octanol–water partition coefficient (Wildman–Crippen LogP) is 2.53. The Balaban J connectivity index is 2.03. The number of nitrogens with two attached hydrogens (primary N) is 1. The SMILES string of the molecule is CN(CC1CCOCC1)C(=O)c1cccc(N)c1Br. The van der Waals surface area contributed by atoms with Crippen molar-refractivity contribution in [1.29, 1.82) is 0 Å². The van der Waals surface area contributed by atoms with Gasteiger partial charge in [-0.1, -0.05) is 6.07 Å². The first-order chi connectivity index (χ1) is 9.09. The number of carbonyl (C=O) groups excluding carboxylic acids is 1. The molecule has 0 unspecified atom stereocenters. The van der Waals surface area contributed by atoms with Gasteiger partial charge in [-0.25, -0.2) is 0 Å². The van der Waals surface area contributed by atoms with Gasteiger partial charge < -0.3 is 15.4 Å². The first kappa shape index (κ1) is 14.3. The lowest BCUT2D eigenvalue weighted by Crippen LogP contribution is -2.34. The van der Waals surface area contributed by atoms with E-state index in [4.69, 9.17) is 10.5 Å². The van der Waals surface area contributed by atoms with E-state index < -0.39 is 0 Å². The van der Waals surface area contributed by atoms with E-state index in [2.05, 4.69) is 15.9 Å². The fourth-order valence-electron chi connectivity index (χ4n) is 2.32. The zero-order valence-electron chi connectivity index (χ0n) is 11.1. The van der Waals surface area contributed by atoms with Gasteiger partial charge in [0, 0.05) is 32.5 Å². The van der Waals surface area contributed by atoms with Crippen LogP contribution in [-0.2, 0) is 4.74 Å². The van der Waals surface area contributed by atoms with Gasteiger partial charge >= 0.3 is 0 Å². The molecule has 19 heavy (non-hydrogen) atoms. The fourth-order valence-corrected chi connectivity index (χ4v) is 2.75. The molecule has 0 bridgehead atoms. The highest BCUT2D eigenvalue weighted by atomic mass is 79.9. The van der Waals surface area contributed by atoms with E-state index in [1.54, 1.807) is 23.1 Å². The third kappa shape index (κ3) is 3.48. The molecule has 0 aliphatic carbocycles. The van der Waals surface area contributed by atoms with Crippen molar-refractivity contribution in [3.63, 3.8) is 0 Å². The molecule has 0 saturated carbocycles. The maximum atomic E-state index is 12.4. The molecule has 2 N–H and O–H groups in total. The molecular weight excluding hydrogens is 308 g/mol. The molecule has 1 heterocycles. The van der Waals surface area contributed by atoms with Crippen molar-refractivity contribution in [2.45, 2.75) is 12.8 Å². The highest BCUT2D eigenvalue weighted by Crippen LogP contribution is 2.25. The van der Waals surface area contributed by atoms with Crippen molar-refractivity contribution >= 4 is 27.5 Å². The number of amides is 1. The van der Waals surface area contributed by atoms with Gasteiger partial charge in [0.2, 0.25) is 0 Å². The van der Waals surface area contributed by atoms with Crippen molar-refractivity contribution in [1.82, 2.24) is 4.90 Å². The molecule has 1 aliphatic heterocycles. The number of benzene rings is 1. The minimum Gasteiger partial charge on any atom is -0.398 e. The van der Waals surface area contributed by atoms with Crippen LogP contribution in [-0.4, -0.2) is 37.6 Å². The lowest BCUT2D eigenvalue weighted by atomic mass is 9.99. The lowest BCUT2D eigenvalue weighted by Gasteiger charge is -2.27. The Bertz CT molecular complexity index is 459. The summed E-state index contributed by atoms with van der Waals surface area (Å²) in [5, 5.41) is 0. The zero-order chi connectivity index (χ0) is 13.8. The maximum Gasteiger partial charge on any atom is 0.254 e. The summed E-state index contributed by atoms with van der Waals surface area (Å²) in [5.41, 5.74) is 7.02. The topological polar surface area (TPSA) is 55.6 Å². The molecule has 2 rings (SSSR count). The number of hydrogen-bond acceptors (Lipinski definition) is 3. The van der Waals surface area contributed by atoms with Gasteiger partial charge in [0.05, 0.1) is 10.0 Å². The molecule has 1 saturated heterocycles. The predicted molar refractivity (Wildman–Crippen MR) is 79.1 cm³/mol. The van der Waals surface area contributed by atoms with E-state index in [-0.39, 0.29) is 5.91 Å². The van der Waals surface area contributed by atoms with Crippen LogP contribution in [0.4, 0.5) is 5.69 Å². The molecular formula is C14H19BrN2O2. The average molecular weight is 327 g/mol. The average Bonchev–Trinajstić information content (AvgIpc) is 2.42. The number of anilines is 1. The Morgan fingerprint density at radius 1 is 1.47 bits per heavy atom. The summed E-state index contributed by atoms with van der Waals surface area (Å²) in [5.74, 6) is 0.535. The van der Waals surface area contributed by atoms with Crippen molar-refractivity contribution in [2.75, 3.05) is 32.5 Å². The smallest absolute Gasteiger partial charge is 0.254 e. The molecule has 0 radical (unpaired) electrons. The monoisotopic (exact) mass is 326 g/mol. The van der Waals surface area contributed by atoms with Gasteiger partial charge in [-0.2, -0.15) is 0 Å². The minimum absolute atomic E-state index is 0.00525. The van der Waals surface area contributed by atoms with E-state index in [0.29, 0.717) is 21.6 Å². The number of nitrogens with zero attached hydrogens (tertiary/aromatic N) is 1. The molecule has 1 aliphatic rings. The molecule has 0 atom stereocenters. The molecule has 104 valence electrons. The Hall–Kier alpha value is -1.07. The summed E-state index contributed by atoms with van der Waals surface area (Å²) in [6, 6.07) is 5.37. The number of rotatable bonds is 3. The summed E-state index contributed by atoms with van der Waals surface area (Å²) in [4.78, 5) is 14.2. The molecule has 1 amide bonds. The second kappa shape index (κ2) is 6.39. The Morgan fingerprint density at radius 3 is 2.84 bits per heavy atom. The van der Waals surface area contributed by atoms with Gasteiger partial charge in [0.1, 0.15) is 0 Å².